The van der Waals surface area contributed by atoms with Gasteiger partial charge in [-0.2, -0.15) is 5.10 Å². The highest BCUT2D eigenvalue weighted by Crippen LogP contribution is 2.25. The van der Waals surface area contributed by atoms with Crippen LogP contribution in [0, 0.1) is 19.3 Å². The second-order valence-corrected chi connectivity index (χ2v) is 4.79. The Morgan fingerprint density at radius 2 is 2.00 bits per heavy atom. The van der Waals surface area contributed by atoms with Crippen LogP contribution >= 0.6 is 23.2 Å². The van der Waals surface area contributed by atoms with E-state index in [0.29, 0.717) is 21.3 Å². The summed E-state index contributed by atoms with van der Waals surface area (Å²) in [6.07, 6.45) is 0. The molecule has 6 heteroatoms. The highest BCUT2D eigenvalue weighted by atomic mass is 35.5. The van der Waals surface area contributed by atoms with Crippen LogP contribution in [0.2, 0.25) is 10.0 Å². The molecule has 0 amide bonds. The fourth-order valence-electron chi connectivity index (χ4n) is 1.77. The number of nitrogens with two attached hydrogens (primary N) is 1. The molecule has 0 atom stereocenters. The zero-order chi connectivity index (χ0) is 13.4. The molecule has 94 valence electrons. The van der Waals surface area contributed by atoms with Crippen molar-refractivity contribution in [3.05, 3.63) is 45.2 Å². The minimum absolute atomic E-state index is 0.0591. The van der Waals surface area contributed by atoms with Crippen LogP contribution in [0.1, 0.15) is 17.0 Å². The molecular formula is C12H12Cl2N4. The van der Waals surface area contributed by atoms with Crippen LogP contribution in [0.25, 0.3) is 5.69 Å². The second kappa shape index (κ2) is 4.63. The van der Waals surface area contributed by atoms with Gasteiger partial charge in [0, 0.05) is 10.6 Å². The number of nitrogens with one attached hydrogen (secondary N) is 1. The average molecular weight is 283 g/mol. The van der Waals surface area contributed by atoms with Crippen LogP contribution in [0.3, 0.4) is 0 Å². The third-order valence-electron chi connectivity index (χ3n) is 2.68. The van der Waals surface area contributed by atoms with E-state index >= 15 is 0 Å². The van der Waals surface area contributed by atoms with E-state index in [9.17, 15) is 0 Å². The maximum atomic E-state index is 7.60. The molecule has 2 rings (SSSR count). The molecule has 0 unspecified atom stereocenters. The van der Waals surface area contributed by atoms with Gasteiger partial charge in [0.15, 0.2) is 0 Å². The normalized spacial score (nSPS) is 10.7. The Balaban J connectivity index is 2.71. The van der Waals surface area contributed by atoms with Crippen molar-refractivity contribution in [1.29, 1.82) is 5.41 Å². The minimum Gasteiger partial charge on any atom is -0.384 e. The van der Waals surface area contributed by atoms with Crippen LogP contribution in [-0.4, -0.2) is 15.6 Å². The number of aromatic nitrogens is 2. The zero-order valence-corrected chi connectivity index (χ0v) is 11.5. The summed E-state index contributed by atoms with van der Waals surface area (Å²) < 4.78 is 1.67. The van der Waals surface area contributed by atoms with E-state index in [4.69, 9.17) is 34.3 Å². The molecule has 18 heavy (non-hydrogen) atoms. The Bertz CT molecular complexity index is 631. The lowest BCUT2D eigenvalue weighted by atomic mass is 10.1. The lowest BCUT2D eigenvalue weighted by Gasteiger charge is -2.10. The molecule has 0 fully saturated rings. The van der Waals surface area contributed by atoms with Crippen molar-refractivity contribution < 1.29 is 0 Å². The van der Waals surface area contributed by atoms with E-state index < -0.39 is 0 Å². The van der Waals surface area contributed by atoms with Crippen molar-refractivity contribution in [2.75, 3.05) is 0 Å². The van der Waals surface area contributed by atoms with E-state index in [1.807, 2.05) is 13.8 Å². The Kier molecular flexibility index (Phi) is 3.32. The van der Waals surface area contributed by atoms with Crippen molar-refractivity contribution in [1.82, 2.24) is 9.78 Å². The van der Waals surface area contributed by atoms with Gasteiger partial charge in [0.2, 0.25) is 0 Å². The maximum Gasteiger partial charge on any atom is 0.125 e. The van der Waals surface area contributed by atoms with Gasteiger partial charge in [0.25, 0.3) is 0 Å². The predicted octanol–water partition coefficient (Wildman–Crippen LogP) is 3.08. The van der Waals surface area contributed by atoms with Gasteiger partial charge < -0.3 is 5.73 Å². The third kappa shape index (κ3) is 2.09. The van der Waals surface area contributed by atoms with Crippen molar-refractivity contribution in [3.8, 4) is 5.69 Å². The fourth-order valence-corrected chi connectivity index (χ4v) is 2.06. The van der Waals surface area contributed by atoms with Gasteiger partial charge in [-0.15, -0.1) is 0 Å². The quantitative estimate of drug-likeness (QED) is 0.657. The average Bonchev–Trinajstić information content (AvgIpc) is 2.57. The number of aryl methyl sites for hydroxylation is 1. The predicted molar refractivity (Wildman–Crippen MR) is 74.1 cm³/mol. The molecule has 1 aromatic carbocycles. The number of hydrogen-bond acceptors (Lipinski definition) is 2. The molecular weight excluding hydrogens is 271 g/mol. The molecule has 0 aliphatic rings. The first-order valence-corrected chi connectivity index (χ1v) is 6.03. The number of nitrogens with zero attached hydrogens (tertiary/aromatic N) is 2. The van der Waals surface area contributed by atoms with Gasteiger partial charge in [0.1, 0.15) is 5.84 Å². The maximum absolute atomic E-state index is 7.60. The number of benzene rings is 1. The molecule has 0 saturated heterocycles. The number of hydrogen-bond donors (Lipinski definition) is 2. The monoisotopic (exact) mass is 282 g/mol. The molecule has 0 aliphatic heterocycles. The van der Waals surface area contributed by atoms with Crippen LogP contribution in [0.4, 0.5) is 0 Å². The molecule has 0 aliphatic carbocycles. The first kappa shape index (κ1) is 12.9. The van der Waals surface area contributed by atoms with Gasteiger partial charge in [-0.05, 0) is 32.0 Å². The number of amidine groups is 1. The first-order valence-electron chi connectivity index (χ1n) is 5.28. The number of nitrogen functional groups attached to an aromatic ring is 1. The van der Waals surface area contributed by atoms with Gasteiger partial charge in [-0.25, -0.2) is 4.68 Å². The highest BCUT2D eigenvalue weighted by Gasteiger charge is 2.15. The summed E-state index contributed by atoms with van der Waals surface area (Å²) in [5.41, 5.74) is 8.33. The van der Waals surface area contributed by atoms with Crippen LogP contribution in [0.5, 0.6) is 0 Å². The first-order chi connectivity index (χ1) is 8.41. The van der Waals surface area contributed by atoms with Crippen molar-refractivity contribution >= 4 is 29.0 Å². The summed E-state index contributed by atoms with van der Waals surface area (Å²) >= 11 is 12.0. The molecule has 0 radical (unpaired) electrons. The number of halogens is 2. The van der Waals surface area contributed by atoms with E-state index in [-0.39, 0.29) is 5.84 Å². The zero-order valence-electron chi connectivity index (χ0n) is 9.96. The SMILES string of the molecule is Cc1nn(-c2ccc(Cl)cc2C(=N)N)c(C)c1Cl. The largest absolute Gasteiger partial charge is 0.384 e. The molecule has 2 aromatic rings. The molecule has 4 nitrogen and oxygen atoms in total. The Hall–Kier alpha value is -1.52. The summed E-state index contributed by atoms with van der Waals surface area (Å²) in [6, 6.07) is 5.14. The van der Waals surface area contributed by atoms with Gasteiger partial charge in [-0.3, -0.25) is 5.41 Å². The van der Waals surface area contributed by atoms with Crippen molar-refractivity contribution in [2.45, 2.75) is 13.8 Å². The standard InChI is InChI=1S/C12H12Cl2N4/c1-6-11(14)7(2)18(17-6)10-4-3-8(13)5-9(10)12(15)16/h3-5H,1-2H3,(H3,15,16). The molecule has 3 N–H and O–H groups in total. The summed E-state index contributed by atoms with van der Waals surface area (Å²) in [4.78, 5) is 0. The van der Waals surface area contributed by atoms with Crippen molar-refractivity contribution in [3.63, 3.8) is 0 Å². The lowest BCUT2D eigenvalue weighted by Crippen LogP contribution is -2.15. The summed E-state index contributed by atoms with van der Waals surface area (Å²) in [7, 11) is 0. The van der Waals surface area contributed by atoms with E-state index in [1.165, 1.54) is 0 Å². The summed E-state index contributed by atoms with van der Waals surface area (Å²) in [5.74, 6) is -0.0591. The molecule has 1 heterocycles. The van der Waals surface area contributed by atoms with Crippen LogP contribution in [0.15, 0.2) is 18.2 Å². The summed E-state index contributed by atoms with van der Waals surface area (Å²) in [6.45, 7) is 3.69. The topological polar surface area (TPSA) is 67.7 Å². The molecule has 0 saturated carbocycles. The Labute approximate surface area is 115 Å². The lowest BCUT2D eigenvalue weighted by molar-refractivity contribution is 0.831. The van der Waals surface area contributed by atoms with Gasteiger partial charge in [-0.1, -0.05) is 23.2 Å². The third-order valence-corrected chi connectivity index (χ3v) is 3.46. The smallest absolute Gasteiger partial charge is 0.125 e. The molecule has 0 bridgehead atoms. The second-order valence-electron chi connectivity index (χ2n) is 3.97. The van der Waals surface area contributed by atoms with Gasteiger partial charge in [0.05, 0.1) is 22.1 Å². The van der Waals surface area contributed by atoms with Crippen LogP contribution in [-0.2, 0) is 0 Å². The van der Waals surface area contributed by atoms with E-state index in [2.05, 4.69) is 5.10 Å². The van der Waals surface area contributed by atoms with Gasteiger partial charge >= 0.3 is 0 Å². The summed E-state index contributed by atoms with van der Waals surface area (Å²) in [5, 5.41) is 13.1. The Morgan fingerprint density at radius 3 is 2.50 bits per heavy atom. The molecule has 1 aromatic heterocycles. The fraction of sp³-hybridized carbons (Fsp3) is 0.167. The highest BCUT2D eigenvalue weighted by molar-refractivity contribution is 6.32. The Morgan fingerprint density at radius 1 is 1.33 bits per heavy atom. The van der Waals surface area contributed by atoms with Crippen molar-refractivity contribution in [2.24, 2.45) is 5.73 Å². The van der Waals surface area contributed by atoms with Crippen LogP contribution < -0.4 is 5.73 Å². The minimum atomic E-state index is -0.0591. The number of rotatable bonds is 2. The van der Waals surface area contributed by atoms with E-state index in [1.54, 1.807) is 22.9 Å². The van der Waals surface area contributed by atoms with E-state index in [0.717, 1.165) is 11.4 Å². The molecule has 0 spiro atoms.